The van der Waals surface area contributed by atoms with E-state index >= 15 is 0 Å². The van der Waals surface area contributed by atoms with Crippen LogP contribution in [0.2, 0.25) is 0 Å². The summed E-state index contributed by atoms with van der Waals surface area (Å²) in [6.45, 7) is 4.42. The standard InChI is InChI=1S/C28H41IN2O7/c1-17(2)8-10-31(28(36)19-6-4-5-7-19)22-14-20(27(35)30-9-11-32)15-23(25(22)34)38-26-21(29)12-18(16-33)13-24(26)37-3/h12-13,15,17,19,22-23,25,32-34H,4-11,14,16H2,1-3H3,(H,30,35). The third kappa shape index (κ3) is 7.61. The highest BCUT2D eigenvalue weighted by molar-refractivity contribution is 14.1. The van der Waals surface area contributed by atoms with Crippen LogP contribution in [-0.2, 0) is 16.2 Å². The molecule has 0 aromatic heterocycles. The number of methoxy groups -OCH3 is 1. The van der Waals surface area contributed by atoms with Gasteiger partial charge in [0.05, 0.1) is 29.9 Å². The third-order valence-corrected chi connectivity index (χ3v) is 8.08. The summed E-state index contributed by atoms with van der Waals surface area (Å²) in [6.07, 6.45) is 4.27. The van der Waals surface area contributed by atoms with E-state index in [-0.39, 0.29) is 43.9 Å². The zero-order valence-corrected chi connectivity index (χ0v) is 24.6. The molecule has 0 saturated heterocycles. The molecule has 2 aliphatic carbocycles. The van der Waals surface area contributed by atoms with Crippen molar-refractivity contribution in [1.29, 1.82) is 0 Å². The van der Waals surface area contributed by atoms with Crippen molar-refractivity contribution < 1.29 is 34.4 Å². The van der Waals surface area contributed by atoms with Crippen molar-refractivity contribution in [2.24, 2.45) is 11.8 Å². The molecule has 3 unspecified atom stereocenters. The van der Waals surface area contributed by atoms with E-state index in [0.717, 1.165) is 32.1 Å². The van der Waals surface area contributed by atoms with Gasteiger partial charge in [-0.2, -0.15) is 0 Å². The van der Waals surface area contributed by atoms with Gasteiger partial charge in [-0.05, 0) is 71.5 Å². The predicted molar refractivity (Wildman–Crippen MR) is 152 cm³/mol. The Balaban J connectivity index is 1.99. The Morgan fingerprint density at radius 2 is 1.92 bits per heavy atom. The lowest BCUT2D eigenvalue weighted by Crippen LogP contribution is -2.56. The number of aliphatic hydroxyl groups is 3. The van der Waals surface area contributed by atoms with Crippen molar-refractivity contribution in [3.05, 3.63) is 32.9 Å². The van der Waals surface area contributed by atoms with Gasteiger partial charge in [0, 0.05) is 31.0 Å². The molecule has 0 heterocycles. The van der Waals surface area contributed by atoms with Crippen molar-refractivity contribution in [3.8, 4) is 11.5 Å². The van der Waals surface area contributed by atoms with Crippen LogP contribution in [0, 0.1) is 15.4 Å². The van der Waals surface area contributed by atoms with Crippen LogP contribution < -0.4 is 14.8 Å². The predicted octanol–water partition coefficient (Wildman–Crippen LogP) is 2.77. The molecule has 9 nitrogen and oxygen atoms in total. The number of aliphatic hydroxyl groups excluding tert-OH is 3. The number of carbonyl (C=O) groups is 2. The number of ether oxygens (including phenoxy) is 2. The van der Waals surface area contributed by atoms with E-state index in [1.54, 1.807) is 23.1 Å². The fraction of sp³-hybridized carbons (Fsp3) is 0.643. The van der Waals surface area contributed by atoms with Crippen LogP contribution in [-0.4, -0.2) is 77.1 Å². The summed E-state index contributed by atoms with van der Waals surface area (Å²) in [5.41, 5.74) is 1.05. The molecular formula is C28H41IN2O7. The minimum atomic E-state index is -1.08. The second-order valence-electron chi connectivity index (χ2n) is 10.5. The van der Waals surface area contributed by atoms with Gasteiger partial charge in [0.15, 0.2) is 11.5 Å². The van der Waals surface area contributed by atoms with E-state index in [4.69, 9.17) is 9.47 Å². The Hall–Kier alpha value is -1.89. The molecular weight excluding hydrogens is 603 g/mol. The van der Waals surface area contributed by atoms with Crippen LogP contribution in [0.15, 0.2) is 23.8 Å². The van der Waals surface area contributed by atoms with E-state index in [1.165, 1.54) is 7.11 Å². The molecule has 0 bridgehead atoms. The monoisotopic (exact) mass is 644 g/mol. The first kappa shape index (κ1) is 30.6. The number of carbonyl (C=O) groups excluding carboxylic acids is 2. The Morgan fingerprint density at radius 1 is 1.21 bits per heavy atom. The zero-order chi connectivity index (χ0) is 27.8. The molecule has 1 aromatic carbocycles. The lowest BCUT2D eigenvalue weighted by atomic mass is 9.87. The number of benzene rings is 1. The van der Waals surface area contributed by atoms with Gasteiger partial charge in [0.2, 0.25) is 11.8 Å². The highest BCUT2D eigenvalue weighted by atomic mass is 127. The van der Waals surface area contributed by atoms with E-state index in [9.17, 15) is 24.9 Å². The van der Waals surface area contributed by atoms with Gasteiger partial charge in [-0.1, -0.05) is 26.7 Å². The molecule has 1 fully saturated rings. The number of nitrogens with zero attached hydrogens (tertiary/aromatic N) is 1. The van der Waals surface area contributed by atoms with E-state index in [2.05, 4.69) is 41.8 Å². The Kier molecular flexibility index (Phi) is 11.7. The van der Waals surface area contributed by atoms with E-state index < -0.39 is 18.2 Å². The zero-order valence-electron chi connectivity index (χ0n) is 22.5. The van der Waals surface area contributed by atoms with Crippen molar-refractivity contribution in [2.75, 3.05) is 26.8 Å². The number of amides is 2. The van der Waals surface area contributed by atoms with Gasteiger partial charge < -0.3 is 35.0 Å². The lowest BCUT2D eigenvalue weighted by Gasteiger charge is -2.42. The van der Waals surface area contributed by atoms with E-state index in [0.29, 0.717) is 38.7 Å². The molecule has 4 N–H and O–H groups in total. The van der Waals surface area contributed by atoms with Crippen LogP contribution in [0.1, 0.15) is 57.9 Å². The van der Waals surface area contributed by atoms with Gasteiger partial charge in [0.25, 0.3) is 0 Å². The minimum absolute atomic E-state index is 0.0300. The maximum Gasteiger partial charge on any atom is 0.247 e. The minimum Gasteiger partial charge on any atom is -0.493 e. The number of nitrogens with one attached hydrogen (secondary N) is 1. The third-order valence-electron chi connectivity index (χ3n) is 7.28. The topological polar surface area (TPSA) is 129 Å². The van der Waals surface area contributed by atoms with Gasteiger partial charge in [-0.3, -0.25) is 9.59 Å². The molecule has 0 spiro atoms. The van der Waals surface area contributed by atoms with Crippen molar-refractivity contribution in [2.45, 2.75) is 77.2 Å². The van der Waals surface area contributed by atoms with Crippen molar-refractivity contribution in [3.63, 3.8) is 0 Å². The second-order valence-corrected chi connectivity index (χ2v) is 11.6. The molecule has 10 heteroatoms. The molecule has 2 amide bonds. The first-order valence-electron chi connectivity index (χ1n) is 13.4. The highest BCUT2D eigenvalue weighted by Gasteiger charge is 2.42. The summed E-state index contributed by atoms with van der Waals surface area (Å²) >= 11 is 2.08. The fourth-order valence-corrected chi connectivity index (χ4v) is 5.93. The van der Waals surface area contributed by atoms with Crippen LogP contribution in [0.4, 0.5) is 0 Å². The first-order valence-corrected chi connectivity index (χ1v) is 14.5. The number of hydrogen-bond donors (Lipinski definition) is 4. The van der Waals surface area contributed by atoms with Crippen LogP contribution >= 0.6 is 22.6 Å². The SMILES string of the molecule is COc1cc(CO)cc(I)c1OC1C=C(C(=O)NCCO)CC(N(CCC(C)C)C(=O)C2CCCC2)C1O. The molecule has 3 atom stereocenters. The van der Waals surface area contributed by atoms with Crippen molar-refractivity contribution >= 4 is 34.4 Å². The van der Waals surface area contributed by atoms with Crippen LogP contribution in [0.3, 0.4) is 0 Å². The Labute approximate surface area is 238 Å². The summed E-state index contributed by atoms with van der Waals surface area (Å²) in [5.74, 6) is 0.742. The normalized spacial score (nSPS) is 21.8. The quantitative estimate of drug-likeness (QED) is 0.258. The number of rotatable bonds is 12. The average Bonchev–Trinajstić information content (AvgIpc) is 3.44. The van der Waals surface area contributed by atoms with Gasteiger partial charge in [-0.15, -0.1) is 0 Å². The largest absolute Gasteiger partial charge is 0.493 e. The molecule has 0 radical (unpaired) electrons. The highest BCUT2D eigenvalue weighted by Crippen LogP contribution is 2.38. The number of halogens is 1. The summed E-state index contributed by atoms with van der Waals surface area (Å²) in [7, 11) is 1.50. The Bertz CT molecular complexity index is 994. The molecule has 3 rings (SSSR count). The summed E-state index contributed by atoms with van der Waals surface area (Å²) in [5, 5.41) is 33.1. The molecule has 2 aliphatic rings. The number of hydrogen-bond acceptors (Lipinski definition) is 7. The maximum atomic E-state index is 13.7. The maximum absolute atomic E-state index is 13.7. The summed E-state index contributed by atoms with van der Waals surface area (Å²) in [6, 6.07) is 2.79. The van der Waals surface area contributed by atoms with Crippen LogP contribution in [0.25, 0.3) is 0 Å². The van der Waals surface area contributed by atoms with Crippen LogP contribution in [0.5, 0.6) is 11.5 Å². The molecule has 1 aromatic rings. The molecule has 38 heavy (non-hydrogen) atoms. The fourth-order valence-electron chi connectivity index (χ4n) is 5.14. The summed E-state index contributed by atoms with van der Waals surface area (Å²) in [4.78, 5) is 28.5. The van der Waals surface area contributed by atoms with Crippen molar-refractivity contribution in [1.82, 2.24) is 10.2 Å². The van der Waals surface area contributed by atoms with Gasteiger partial charge in [-0.25, -0.2) is 0 Å². The average molecular weight is 645 g/mol. The summed E-state index contributed by atoms with van der Waals surface area (Å²) < 4.78 is 12.5. The first-order chi connectivity index (χ1) is 18.2. The smallest absolute Gasteiger partial charge is 0.247 e. The molecule has 1 saturated carbocycles. The molecule has 212 valence electrons. The molecule has 0 aliphatic heterocycles. The lowest BCUT2D eigenvalue weighted by molar-refractivity contribution is -0.143. The Morgan fingerprint density at radius 3 is 2.53 bits per heavy atom. The van der Waals surface area contributed by atoms with Gasteiger partial charge >= 0.3 is 0 Å². The van der Waals surface area contributed by atoms with E-state index in [1.807, 2.05) is 0 Å². The van der Waals surface area contributed by atoms with Gasteiger partial charge in [0.1, 0.15) is 12.2 Å². The second kappa shape index (κ2) is 14.5.